The highest BCUT2D eigenvalue weighted by molar-refractivity contribution is 5.94. The van der Waals surface area contributed by atoms with E-state index in [0.29, 0.717) is 25.2 Å². The quantitative estimate of drug-likeness (QED) is 0.906. The second-order valence-electron chi connectivity index (χ2n) is 6.84. The molecule has 2 fully saturated rings. The first-order chi connectivity index (χ1) is 12.0. The molecule has 1 N–H and O–H groups in total. The average molecular weight is 343 g/mol. The summed E-state index contributed by atoms with van der Waals surface area (Å²) in [6, 6.07) is 7.15. The summed E-state index contributed by atoms with van der Waals surface area (Å²) >= 11 is 0. The minimum atomic E-state index is -0.199. The van der Waals surface area contributed by atoms with E-state index in [1.165, 1.54) is 0 Å². The molecule has 3 rings (SSSR count). The van der Waals surface area contributed by atoms with Gasteiger partial charge in [0.05, 0.1) is 6.04 Å². The molecule has 1 heterocycles. The van der Waals surface area contributed by atoms with Crippen LogP contribution in [0.2, 0.25) is 0 Å². The van der Waals surface area contributed by atoms with Crippen molar-refractivity contribution in [1.29, 1.82) is 0 Å². The molecule has 1 aliphatic carbocycles. The van der Waals surface area contributed by atoms with E-state index >= 15 is 0 Å². The Morgan fingerprint density at radius 3 is 2.52 bits per heavy atom. The molecule has 1 aromatic carbocycles. The van der Waals surface area contributed by atoms with Crippen molar-refractivity contribution in [2.24, 2.45) is 5.92 Å². The summed E-state index contributed by atoms with van der Waals surface area (Å²) < 4.78 is 0. The Morgan fingerprint density at radius 2 is 1.92 bits per heavy atom. The summed E-state index contributed by atoms with van der Waals surface area (Å²) in [6.45, 7) is 3.15. The fourth-order valence-electron chi connectivity index (χ4n) is 3.54. The third-order valence-corrected chi connectivity index (χ3v) is 5.32. The van der Waals surface area contributed by atoms with Crippen molar-refractivity contribution in [1.82, 2.24) is 15.1 Å². The van der Waals surface area contributed by atoms with Crippen molar-refractivity contribution < 1.29 is 14.4 Å². The first kappa shape index (κ1) is 17.5. The highest BCUT2D eigenvalue weighted by Gasteiger charge is 2.37. The normalized spacial score (nSPS) is 20.8. The van der Waals surface area contributed by atoms with Crippen LogP contribution in [0.5, 0.6) is 0 Å². The van der Waals surface area contributed by atoms with E-state index in [4.69, 9.17) is 0 Å². The first-order valence-corrected chi connectivity index (χ1v) is 8.89. The molecule has 25 heavy (non-hydrogen) atoms. The van der Waals surface area contributed by atoms with Gasteiger partial charge in [-0.3, -0.25) is 14.4 Å². The number of amides is 3. The van der Waals surface area contributed by atoms with E-state index in [2.05, 4.69) is 5.32 Å². The van der Waals surface area contributed by atoms with Crippen LogP contribution in [-0.4, -0.2) is 54.2 Å². The van der Waals surface area contributed by atoms with Gasteiger partial charge in [-0.15, -0.1) is 0 Å². The number of rotatable bonds is 3. The van der Waals surface area contributed by atoms with Gasteiger partial charge in [-0.25, -0.2) is 0 Å². The Labute approximate surface area is 148 Å². The highest BCUT2D eigenvalue weighted by Crippen LogP contribution is 2.33. The highest BCUT2D eigenvalue weighted by atomic mass is 16.2. The Kier molecular flexibility index (Phi) is 5.06. The molecule has 1 saturated carbocycles. The lowest BCUT2D eigenvalue weighted by atomic mass is 9.83. The van der Waals surface area contributed by atoms with Crippen molar-refractivity contribution >= 4 is 17.7 Å². The molecule has 0 aromatic heterocycles. The topological polar surface area (TPSA) is 69.7 Å². The van der Waals surface area contributed by atoms with Crippen LogP contribution in [-0.2, 0) is 9.59 Å². The van der Waals surface area contributed by atoms with Crippen LogP contribution in [0.25, 0.3) is 0 Å². The molecule has 3 amide bonds. The minimum Gasteiger partial charge on any atom is -0.355 e. The number of carbonyl (C=O) groups is 3. The minimum absolute atomic E-state index is 0.0169. The molecule has 2 aliphatic rings. The van der Waals surface area contributed by atoms with Gasteiger partial charge in [0.15, 0.2) is 0 Å². The standard InChI is InChI=1S/C19H25N3O3/c1-13(23)21-9-10-22(19(25)14-5-3-6-14)17(12-21)15-7-4-8-16(11-15)18(24)20-2/h4,7-8,11,14,17H,3,5-6,9-10,12H2,1-2H3,(H,20,24). The van der Waals surface area contributed by atoms with Crippen molar-refractivity contribution in [2.75, 3.05) is 26.7 Å². The van der Waals surface area contributed by atoms with Gasteiger partial charge >= 0.3 is 0 Å². The van der Waals surface area contributed by atoms with Crippen molar-refractivity contribution in [2.45, 2.75) is 32.2 Å². The Hall–Kier alpha value is -2.37. The number of hydrogen-bond donors (Lipinski definition) is 1. The van der Waals surface area contributed by atoms with E-state index in [0.717, 1.165) is 24.8 Å². The van der Waals surface area contributed by atoms with Crippen molar-refractivity contribution in [3.05, 3.63) is 35.4 Å². The third kappa shape index (κ3) is 3.52. The van der Waals surface area contributed by atoms with Crippen LogP contribution in [0.15, 0.2) is 24.3 Å². The maximum absolute atomic E-state index is 12.9. The molecule has 134 valence electrons. The summed E-state index contributed by atoms with van der Waals surface area (Å²) in [7, 11) is 1.60. The van der Waals surface area contributed by atoms with Crippen LogP contribution >= 0.6 is 0 Å². The van der Waals surface area contributed by atoms with E-state index in [1.807, 2.05) is 23.1 Å². The van der Waals surface area contributed by atoms with Gasteiger partial charge in [0, 0.05) is 45.1 Å². The molecule has 1 saturated heterocycles. The second-order valence-corrected chi connectivity index (χ2v) is 6.84. The van der Waals surface area contributed by atoms with E-state index in [9.17, 15) is 14.4 Å². The van der Waals surface area contributed by atoms with Crippen molar-refractivity contribution in [3.8, 4) is 0 Å². The number of nitrogens with zero attached hydrogens (tertiary/aromatic N) is 2. The molecular formula is C19H25N3O3. The molecule has 1 aromatic rings. The second kappa shape index (κ2) is 7.25. The molecular weight excluding hydrogens is 318 g/mol. The Bertz CT molecular complexity index is 684. The molecule has 1 atom stereocenters. The van der Waals surface area contributed by atoms with Gasteiger partial charge in [0.25, 0.3) is 5.91 Å². The van der Waals surface area contributed by atoms with Gasteiger partial charge in [-0.05, 0) is 30.5 Å². The first-order valence-electron chi connectivity index (χ1n) is 8.89. The van der Waals surface area contributed by atoms with Gasteiger partial charge in [-0.1, -0.05) is 18.6 Å². The van der Waals surface area contributed by atoms with E-state index in [-0.39, 0.29) is 29.7 Å². The number of benzene rings is 1. The zero-order valence-electron chi connectivity index (χ0n) is 14.8. The summed E-state index contributed by atoms with van der Waals surface area (Å²) in [5, 5.41) is 2.62. The SMILES string of the molecule is CNC(=O)c1cccc(C2CN(C(C)=O)CCN2C(=O)C2CCC2)c1. The molecule has 1 unspecified atom stereocenters. The fourth-order valence-corrected chi connectivity index (χ4v) is 3.54. The van der Waals surface area contributed by atoms with E-state index < -0.39 is 0 Å². The lowest BCUT2D eigenvalue weighted by molar-refractivity contribution is -0.147. The maximum atomic E-state index is 12.9. The maximum Gasteiger partial charge on any atom is 0.251 e. The Morgan fingerprint density at radius 1 is 1.16 bits per heavy atom. The fraction of sp³-hybridized carbons (Fsp3) is 0.526. The number of carbonyl (C=O) groups excluding carboxylic acids is 3. The van der Waals surface area contributed by atoms with Gasteiger partial charge in [0.1, 0.15) is 0 Å². The number of hydrogen-bond acceptors (Lipinski definition) is 3. The lowest BCUT2D eigenvalue weighted by Crippen LogP contribution is -2.53. The van der Waals surface area contributed by atoms with Gasteiger partial charge < -0.3 is 15.1 Å². The van der Waals surface area contributed by atoms with Gasteiger partial charge in [0.2, 0.25) is 11.8 Å². The largest absolute Gasteiger partial charge is 0.355 e. The summed E-state index contributed by atoms with van der Waals surface area (Å²) in [4.78, 5) is 40.3. The molecule has 0 radical (unpaired) electrons. The lowest BCUT2D eigenvalue weighted by Gasteiger charge is -2.44. The zero-order chi connectivity index (χ0) is 18.0. The molecule has 6 heteroatoms. The zero-order valence-corrected chi connectivity index (χ0v) is 14.8. The molecule has 6 nitrogen and oxygen atoms in total. The number of nitrogens with one attached hydrogen (secondary N) is 1. The summed E-state index contributed by atoms with van der Waals surface area (Å²) in [6.07, 6.45) is 3.02. The van der Waals surface area contributed by atoms with Crippen LogP contribution < -0.4 is 5.32 Å². The van der Waals surface area contributed by atoms with Crippen LogP contribution in [0.1, 0.15) is 48.1 Å². The van der Waals surface area contributed by atoms with Crippen LogP contribution in [0, 0.1) is 5.92 Å². The summed E-state index contributed by atoms with van der Waals surface area (Å²) in [5.74, 6) is 0.166. The van der Waals surface area contributed by atoms with Crippen molar-refractivity contribution in [3.63, 3.8) is 0 Å². The predicted molar refractivity (Wildman–Crippen MR) is 93.9 cm³/mol. The number of piperazine rings is 1. The Balaban J connectivity index is 1.90. The van der Waals surface area contributed by atoms with Crippen LogP contribution in [0.3, 0.4) is 0 Å². The van der Waals surface area contributed by atoms with Gasteiger partial charge in [-0.2, -0.15) is 0 Å². The molecule has 0 bridgehead atoms. The smallest absolute Gasteiger partial charge is 0.251 e. The third-order valence-electron chi connectivity index (χ3n) is 5.32. The molecule has 1 aliphatic heterocycles. The average Bonchev–Trinajstić information content (AvgIpc) is 2.59. The van der Waals surface area contributed by atoms with Crippen LogP contribution in [0.4, 0.5) is 0 Å². The molecule has 0 spiro atoms. The predicted octanol–water partition coefficient (Wildman–Crippen LogP) is 1.58. The monoisotopic (exact) mass is 343 g/mol. The van der Waals surface area contributed by atoms with E-state index in [1.54, 1.807) is 24.9 Å². The summed E-state index contributed by atoms with van der Waals surface area (Å²) in [5.41, 5.74) is 1.47.